The third-order valence-electron chi connectivity index (χ3n) is 4.91. The summed E-state index contributed by atoms with van der Waals surface area (Å²) in [5.74, 6) is 0.759. The predicted octanol–water partition coefficient (Wildman–Crippen LogP) is 3.48. The molecule has 2 aromatic heterocycles. The Morgan fingerprint density at radius 3 is 2.57 bits per heavy atom. The highest BCUT2D eigenvalue weighted by atomic mass is 19.1. The molecule has 3 heterocycles. The third-order valence-corrected chi connectivity index (χ3v) is 4.91. The van der Waals surface area contributed by atoms with Gasteiger partial charge in [-0.05, 0) is 29.8 Å². The summed E-state index contributed by atoms with van der Waals surface area (Å²) in [5.41, 5.74) is 2.43. The number of hydrogen-bond donors (Lipinski definition) is 3. The van der Waals surface area contributed by atoms with Crippen molar-refractivity contribution in [3.63, 3.8) is 0 Å². The Kier molecular flexibility index (Phi) is 3.98. The van der Waals surface area contributed by atoms with Crippen molar-refractivity contribution < 1.29 is 8.78 Å². The molecule has 0 bridgehead atoms. The number of aromatic nitrogens is 5. The Labute approximate surface area is 158 Å². The van der Waals surface area contributed by atoms with Crippen molar-refractivity contribution in [1.29, 1.82) is 0 Å². The SMILES string of the molecule is Fc1ccc(/C=C/c2n[nH]c3cc(F)c(-c4nnc(C5CNC5)[nH]4)cc23)cc1. The summed E-state index contributed by atoms with van der Waals surface area (Å²) in [4.78, 5) is 3.13. The predicted molar refractivity (Wildman–Crippen MR) is 102 cm³/mol. The molecule has 140 valence electrons. The zero-order valence-corrected chi connectivity index (χ0v) is 14.7. The van der Waals surface area contributed by atoms with Gasteiger partial charge in [0.2, 0.25) is 0 Å². The summed E-state index contributed by atoms with van der Waals surface area (Å²) in [6.07, 6.45) is 3.63. The number of H-pyrrole nitrogens is 2. The highest BCUT2D eigenvalue weighted by Gasteiger charge is 2.23. The molecule has 4 aromatic rings. The van der Waals surface area contributed by atoms with E-state index in [1.807, 2.05) is 6.08 Å². The lowest BCUT2D eigenvalue weighted by Gasteiger charge is -2.24. The Hall–Kier alpha value is -3.39. The van der Waals surface area contributed by atoms with Gasteiger partial charge in [-0.15, -0.1) is 10.2 Å². The van der Waals surface area contributed by atoms with Crippen LogP contribution in [0.15, 0.2) is 36.4 Å². The van der Waals surface area contributed by atoms with E-state index >= 15 is 0 Å². The second kappa shape index (κ2) is 6.65. The first-order chi connectivity index (χ1) is 13.7. The molecule has 5 rings (SSSR count). The van der Waals surface area contributed by atoms with Crippen LogP contribution in [-0.2, 0) is 0 Å². The first-order valence-corrected chi connectivity index (χ1v) is 8.92. The molecule has 0 saturated carbocycles. The lowest BCUT2D eigenvalue weighted by atomic mass is 10.0. The van der Waals surface area contributed by atoms with Crippen LogP contribution in [0.25, 0.3) is 34.4 Å². The van der Waals surface area contributed by atoms with Crippen molar-refractivity contribution in [3.8, 4) is 11.4 Å². The zero-order valence-electron chi connectivity index (χ0n) is 14.7. The number of aromatic amines is 2. The van der Waals surface area contributed by atoms with Gasteiger partial charge in [0.05, 0.1) is 16.8 Å². The molecule has 1 saturated heterocycles. The molecule has 0 unspecified atom stereocenters. The Morgan fingerprint density at radius 2 is 1.82 bits per heavy atom. The molecular formula is C20H16F2N6. The molecule has 1 fully saturated rings. The molecular weight excluding hydrogens is 362 g/mol. The fourth-order valence-electron chi connectivity index (χ4n) is 3.18. The maximum absolute atomic E-state index is 14.6. The van der Waals surface area contributed by atoms with E-state index in [2.05, 4.69) is 30.7 Å². The van der Waals surface area contributed by atoms with Gasteiger partial charge in [-0.2, -0.15) is 5.10 Å². The van der Waals surface area contributed by atoms with Crippen LogP contribution in [0.3, 0.4) is 0 Å². The molecule has 1 aliphatic heterocycles. The van der Waals surface area contributed by atoms with Gasteiger partial charge >= 0.3 is 0 Å². The molecule has 0 radical (unpaired) electrons. The molecule has 0 atom stereocenters. The van der Waals surface area contributed by atoms with Crippen LogP contribution in [0.2, 0.25) is 0 Å². The molecule has 1 aliphatic rings. The van der Waals surface area contributed by atoms with E-state index < -0.39 is 5.82 Å². The van der Waals surface area contributed by atoms with Crippen LogP contribution in [0.4, 0.5) is 8.78 Å². The lowest BCUT2D eigenvalue weighted by molar-refractivity contribution is 0.431. The minimum Gasteiger partial charge on any atom is -0.325 e. The standard InChI is InChI=1S/C20H16F2N6/c21-13-4-1-11(2-5-13)3-6-17-15-7-14(16(22)8-18(15)26-25-17)20-24-19(27-28-20)12-9-23-10-12/h1-8,12,23H,9-10H2,(H,25,26)(H,24,27,28)/b6-3+. The fraction of sp³-hybridized carbons (Fsp3) is 0.150. The van der Waals surface area contributed by atoms with E-state index in [1.54, 1.807) is 24.3 Å². The summed E-state index contributed by atoms with van der Waals surface area (Å²) >= 11 is 0. The van der Waals surface area contributed by atoms with Crippen molar-refractivity contribution in [3.05, 3.63) is 65.1 Å². The first-order valence-electron chi connectivity index (χ1n) is 8.92. The maximum Gasteiger partial charge on any atom is 0.164 e. The van der Waals surface area contributed by atoms with Gasteiger partial charge in [0.1, 0.15) is 17.5 Å². The smallest absolute Gasteiger partial charge is 0.164 e. The third kappa shape index (κ3) is 2.97. The number of nitrogens with zero attached hydrogens (tertiary/aromatic N) is 3. The largest absolute Gasteiger partial charge is 0.325 e. The number of nitrogens with one attached hydrogen (secondary N) is 3. The van der Waals surface area contributed by atoms with E-state index in [9.17, 15) is 8.78 Å². The Bertz CT molecular complexity index is 1170. The van der Waals surface area contributed by atoms with Gasteiger partial charge < -0.3 is 10.3 Å². The van der Waals surface area contributed by atoms with Crippen LogP contribution in [0.1, 0.15) is 23.0 Å². The topological polar surface area (TPSA) is 82.3 Å². The van der Waals surface area contributed by atoms with E-state index in [0.29, 0.717) is 22.6 Å². The maximum atomic E-state index is 14.6. The van der Waals surface area contributed by atoms with Crippen molar-refractivity contribution in [1.82, 2.24) is 30.7 Å². The van der Waals surface area contributed by atoms with Crippen LogP contribution >= 0.6 is 0 Å². The van der Waals surface area contributed by atoms with Crippen molar-refractivity contribution in [2.45, 2.75) is 5.92 Å². The van der Waals surface area contributed by atoms with Crippen molar-refractivity contribution >= 4 is 23.1 Å². The van der Waals surface area contributed by atoms with E-state index in [4.69, 9.17) is 0 Å². The highest BCUT2D eigenvalue weighted by molar-refractivity contribution is 5.92. The normalized spacial score (nSPS) is 14.8. The van der Waals surface area contributed by atoms with Gasteiger partial charge in [0.25, 0.3) is 0 Å². The highest BCUT2D eigenvalue weighted by Crippen LogP contribution is 2.28. The van der Waals surface area contributed by atoms with Crippen LogP contribution in [-0.4, -0.2) is 38.5 Å². The van der Waals surface area contributed by atoms with Gasteiger partial charge in [-0.25, -0.2) is 8.78 Å². The van der Waals surface area contributed by atoms with Crippen LogP contribution in [0.5, 0.6) is 0 Å². The average molecular weight is 378 g/mol. The van der Waals surface area contributed by atoms with Gasteiger partial charge in [0.15, 0.2) is 5.82 Å². The number of benzene rings is 2. The molecule has 28 heavy (non-hydrogen) atoms. The summed E-state index contributed by atoms with van der Waals surface area (Å²) in [5, 5.41) is 19.3. The molecule has 6 nitrogen and oxygen atoms in total. The molecule has 0 spiro atoms. The second-order valence-corrected chi connectivity index (χ2v) is 6.79. The first kappa shape index (κ1) is 16.8. The molecule has 2 aromatic carbocycles. The average Bonchev–Trinajstić information content (AvgIpc) is 3.26. The number of hydrogen-bond acceptors (Lipinski definition) is 4. The molecule has 0 aliphatic carbocycles. The summed E-state index contributed by atoms with van der Waals surface area (Å²) < 4.78 is 27.6. The van der Waals surface area contributed by atoms with Gasteiger partial charge in [-0.3, -0.25) is 5.10 Å². The van der Waals surface area contributed by atoms with Crippen molar-refractivity contribution in [2.24, 2.45) is 0 Å². The van der Waals surface area contributed by atoms with E-state index in [0.717, 1.165) is 29.9 Å². The number of rotatable bonds is 4. The van der Waals surface area contributed by atoms with Crippen molar-refractivity contribution in [2.75, 3.05) is 13.1 Å². The van der Waals surface area contributed by atoms with E-state index in [-0.39, 0.29) is 11.7 Å². The summed E-state index contributed by atoms with van der Waals surface area (Å²) in [6.45, 7) is 1.69. The Morgan fingerprint density at radius 1 is 1.00 bits per heavy atom. The van der Waals surface area contributed by atoms with Gasteiger partial charge in [-0.1, -0.05) is 18.2 Å². The Balaban J connectivity index is 1.51. The van der Waals surface area contributed by atoms with Crippen LogP contribution in [0, 0.1) is 11.6 Å². The number of fused-ring (bicyclic) bond motifs is 1. The second-order valence-electron chi connectivity index (χ2n) is 6.79. The fourth-order valence-corrected chi connectivity index (χ4v) is 3.18. The summed E-state index contributed by atoms with van der Waals surface area (Å²) in [6, 6.07) is 9.26. The van der Waals surface area contributed by atoms with Gasteiger partial charge in [0, 0.05) is 30.5 Å². The minimum absolute atomic E-state index is 0.286. The lowest BCUT2D eigenvalue weighted by Crippen LogP contribution is -2.40. The summed E-state index contributed by atoms with van der Waals surface area (Å²) in [7, 11) is 0. The quantitative estimate of drug-likeness (QED) is 0.508. The minimum atomic E-state index is -0.403. The molecule has 8 heteroatoms. The molecule has 0 amide bonds. The zero-order chi connectivity index (χ0) is 19.1. The molecule has 3 N–H and O–H groups in total. The monoisotopic (exact) mass is 378 g/mol. The number of halogens is 2. The van der Waals surface area contributed by atoms with E-state index in [1.165, 1.54) is 18.2 Å². The van der Waals surface area contributed by atoms with Crippen LogP contribution < -0.4 is 5.32 Å².